The molecule has 1 aromatic carbocycles. The third kappa shape index (κ3) is 4.73. The van der Waals surface area contributed by atoms with Gasteiger partial charge in [0.2, 0.25) is 5.91 Å². The molecule has 0 fully saturated rings. The molecule has 1 aromatic heterocycles. The lowest BCUT2D eigenvalue weighted by molar-refractivity contribution is -0.116. The molecule has 21 heavy (non-hydrogen) atoms. The molecule has 0 spiro atoms. The number of nitrogens with one attached hydrogen (secondary N) is 3. The number of methoxy groups -OCH3 is 1. The van der Waals surface area contributed by atoms with E-state index in [-0.39, 0.29) is 11.6 Å². The summed E-state index contributed by atoms with van der Waals surface area (Å²) in [6.07, 6.45) is 1.04. The van der Waals surface area contributed by atoms with Crippen molar-refractivity contribution in [2.24, 2.45) is 0 Å². The molecule has 3 N–H and O–H groups in total. The summed E-state index contributed by atoms with van der Waals surface area (Å²) in [5.41, 5.74) is 1.77. The second-order valence-corrected chi connectivity index (χ2v) is 4.60. The normalized spacial score (nSPS) is 10.9. The molecule has 114 valence electrons. The van der Waals surface area contributed by atoms with E-state index in [4.69, 9.17) is 9.47 Å². The van der Waals surface area contributed by atoms with Crippen LogP contribution in [0.15, 0.2) is 23.0 Å². The van der Waals surface area contributed by atoms with E-state index in [1.807, 2.05) is 0 Å². The molecule has 0 aliphatic carbocycles. The number of amides is 1. The van der Waals surface area contributed by atoms with Crippen LogP contribution in [0.3, 0.4) is 0 Å². The van der Waals surface area contributed by atoms with Gasteiger partial charge >= 0.3 is 5.69 Å². The predicted octanol–water partition coefficient (Wildman–Crippen LogP) is 1.24. The van der Waals surface area contributed by atoms with Crippen molar-refractivity contribution in [2.75, 3.05) is 32.2 Å². The summed E-state index contributed by atoms with van der Waals surface area (Å²) in [5, 5.41) is 2.79. The minimum absolute atomic E-state index is 0.0809. The Labute approximate surface area is 121 Å². The van der Waals surface area contributed by atoms with Crippen molar-refractivity contribution >= 4 is 22.6 Å². The van der Waals surface area contributed by atoms with E-state index in [0.29, 0.717) is 49.4 Å². The molecule has 0 aliphatic heterocycles. The van der Waals surface area contributed by atoms with E-state index < -0.39 is 0 Å². The summed E-state index contributed by atoms with van der Waals surface area (Å²) >= 11 is 0. The first kappa shape index (κ1) is 15.3. The van der Waals surface area contributed by atoms with Gasteiger partial charge in [0.05, 0.1) is 24.2 Å². The number of ether oxygens (including phenoxy) is 2. The summed E-state index contributed by atoms with van der Waals surface area (Å²) in [4.78, 5) is 28.2. The molecular weight excluding hydrogens is 274 g/mol. The first-order valence-electron chi connectivity index (χ1n) is 6.77. The quantitative estimate of drug-likeness (QED) is 0.638. The first-order valence-corrected chi connectivity index (χ1v) is 6.77. The zero-order chi connectivity index (χ0) is 15.1. The van der Waals surface area contributed by atoms with E-state index in [9.17, 15) is 9.59 Å². The van der Waals surface area contributed by atoms with Gasteiger partial charge < -0.3 is 24.8 Å². The standard InChI is InChI=1S/C14H19N3O4/c1-20-7-8-21-6-2-3-13(18)15-10-4-5-11-12(9-10)17-14(19)16-11/h4-5,9H,2-3,6-8H2,1H3,(H,15,18)(H2,16,17,19). The molecule has 0 saturated carbocycles. The molecule has 2 rings (SSSR count). The van der Waals surface area contributed by atoms with Crippen molar-refractivity contribution in [3.05, 3.63) is 28.7 Å². The van der Waals surface area contributed by atoms with Gasteiger partial charge in [-0.05, 0) is 24.6 Å². The fraction of sp³-hybridized carbons (Fsp3) is 0.429. The van der Waals surface area contributed by atoms with E-state index >= 15 is 0 Å². The Hall–Kier alpha value is -2.12. The van der Waals surface area contributed by atoms with Gasteiger partial charge in [0.25, 0.3) is 0 Å². The average Bonchev–Trinajstić information content (AvgIpc) is 2.82. The minimum Gasteiger partial charge on any atom is -0.382 e. The van der Waals surface area contributed by atoms with Crippen molar-refractivity contribution < 1.29 is 14.3 Å². The van der Waals surface area contributed by atoms with E-state index in [2.05, 4.69) is 15.3 Å². The molecular formula is C14H19N3O4. The number of imidazole rings is 1. The van der Waals surface area contributed by atoms with E-state index in [0.717, 1.165) is 0 Å². The SMILES string of the molecule is COCCOCCCC(=O)Nc1ccc2[nH]c(=O)[nH]c2c1. The number of aromatic amines is 2. The number of carbonyl (C=O) groups is 1. The van der Waals surface area contributed by atoms with Crippen molar-refractivity contribution in [1.82, 2.24) is 9.97 Å². The van der Waals surface area contributed by atoms with Gasteiger partial charge in [-0.2, -0.15) is 0 Å². The number of aromatic nitrogens is 2. The number of anilines is 1. The molecule has 7 heteroatoms. The number of carbonyl (C=O) groups excluding carboxylic acids is 1. The molecule has 2 aromatic rings. The molecule has 1 heterocycles. The smallest absolute Gasteiger partial charge is 0.323 e. The summed E-state index contributed by atoms with van der Waals surface area (Å²) in [7, 11) is 1.62. The zero-order valence-corrected chi connectivity index (χ0v) is 11.9. The fourth-order valence-corrected chi connectivity index (χ4v) is 1.91. The minimum atomic E-state index is -0.262. The highest BCUT2D eigenvalue weighted by atomic mass is 16.5. The molecule has 0 saturated heterocycles. The van der Waals surface area contributed by atoms with Crippen LogP contribution in [-0.4, -0.2) is 42.8 Å². The highest BCUT2D eigenvalue weighted by Gasteiger charge is 2.04. The second-order valence-electron chi connectivity index (χ2n) is 4.60. The second kappa shape index (κ2) is 7.61. The summed E-state index contributed by atoms with van der Waals surface area (Å²) in [6, 6.07) is 5.22. The molecule has 7 nitrogen and oxygen atoms in total. The Morgan fingerprint density at radius 3 is 2.81 bits per heavy atom. The Morgan fingerprint density at radius 1 is 1.19 bits per heavy atom. The van der Waals surface area contributed by atoms with Crippen LogP contribution in [0.2, 0.25) is 0 Å². The third-order valence-electron chi connectivity index (χ3n) is 2.92. The average molecular weight is 293 g/mol. The number of hydrogen-bond acceptors (Lipinski definition) is 4. The van der Waals surface area contributed by atoms with Gasteiger partial charge in [0, 0.05) is 25.8 Å². The van der Waals surface area contributed by atoms with Crippen molar-refractivity contribution in [3.8, 4) is 0 Å². The van der Waals surface area contributed by atoms with Crippen LogP contribution in [0.5, 0.6) is 0 Å². The van der Waals surface area contributed by atoms with Crippen LogP contribution in [0.1, 0.15) is 12.8 Å². The summed E-state index contributed by atoms with van der Waals surface area (Å²) in [6.45, 7) is 1.62. The van der Waals surface area contributed by atoms with Gasteiger partial charge in [-0.1, -0.05) is 0 Å². The van der Waals surface area contributed by atoms with Gasteiger partial charge in [0.1, 0.15) is 0 Å². The van der Waals surface area contributed by atoms with Gasteiger partial charge in [-0.15, -0.1) is 0 Å². The Balaban J connectivity index is 1.77. The Morgan fingerprint density at radius 2 is 2.00 bits per heavy atom. The maximum atomic E-state index is 11.8. The summed E-state index contributed by atoms with van der Waals surface area (Å²) < 4.78 is 10.1. The summed E-state index contributed by atoms with van der Waals surface area (Å²) in [5.74, 6) is -0.0809. The van der Waals surface area contributed by atoms with Crippen LogP contribution in [0.25, 0.3) is 11.0 Å². The number of fused-ring (bicyclic) bond motifs is 1. The lowest BCUT2D eigenvalue weighted by atomic mass is 10.2. The maximum Gasteiger partial charge on any atom is 0.323 e. The van der Waals surface area contributed by atoms with Crippen molar-refractivity contribution in [1.29, 1.82) is 0 Å². The maximum absolute atomic E-state index is 11.8. The first-order chi connectivity index (χ1) is 10.2. The lowest BCUT2D eigenvalue weighted by Crippen LogP contribution is -2.12. The van der Waals surface area contributed by atoms with Crippen LogP contribution < -0.4 is 11.0 Å². The van der Waals surface area contributed by atoms with Crippen LogP contribution in [-0.2, 0) is 14.3 Å². The Bertz CT molecular complexity index is 647. The molecule has 0 unspecified atom stereocenters. The molecule has 0 atom stereocenters. The number of rotatable bonds is 8. The predicted molar refractivity (Wildman–Crippen MR) is 79.5 cm³/mol. The van der Waals surface area contributed by atoms with E-state index in [1.54, 1.807) is 25.3 Å². The lowest BCUT2D eigenvalue weighted by Gasteiger charge is -2.06. The number of H-pyrrole nitrogens is 2. The van der Waals surface area contributed by atoms with E-state index in [1.165, 1.54) is 0 Å². The fourth-order valence-electron chi connectivity index (χ4n) is 1.91. The largest absolute Gasteiger partial charge is 0.382 e. The van der Waals surface area contributed by atoms with Crippen molar-refractivity contribution in [2.45, 2.75) is 12.8 Å². The highest BCUT2D eigenvalue weighted by molar-refractivity contribution is 5.92. The number of hydrogen-bond donors (Lipinski definition) is 3. The third-order valence-corrected chi connectivity index (χ3v) is 2.92. The van der Waals surface area contributed by atoms with Gasteiger partial charge in [-0.3, -0.25) is 4.79 Å². The number of benzene rings is 1. The molecule has 0 aliphatic rings. The van der Waals surface area contributed by atoms with Crippen LogP contribution in [0, 0.1) is 0 Å². The zero-order valence-electron chi connectivity index (χ0n) is 11.9. The van der Waals surface area contributed by atoms with Crippen LogP contribution in [0.4, 0.5) is 5.69 Å². The molecule has 0 bridgehead atoms. The molecule has 0 radical (unpaired) electrons. The molecule has 1 amide bonds. The Kier molecular flexibility index (Phi) is 5.53. The topological polar surface area (TPSA) is 96.2 Å². The van der Waals surface area contributed by atoms with Crippen molar-refractivity contribution in [3.63, 3.8) is 0 Å². The monoisotopic (exact) mass is 293 g/mol. The van der Waals surface area contributed by atoms with Crippen LogP contribution >= 0.6 is 0 Å². The van der Waals surface area contributed by atoms with Gasteiger partial charge in [-0.25, -0.2) is 4.79 Å². The van der Waals surface area contributed by atoms with Gasteiger partial charge in [0.15, 0.2) is 0 Å². The highest BCUT2D eigenvalue weighted by Crippen LogP contribution is 2.14.